The van der Waals surface area contributed by atoms with Crippen molar-refractivity contribution in [2.75, 3.05) is 11.6 Å². The lowest BCUT2D eigenvalue weighted by Gasteiger charge is -2.22. The first-order chi connectivity index (χ1) is 13.5. The van der Waals surface area contributed by atoms with E-state index in [1.807, 2.05) is 0 Å². The number of hydrogen-bond acceptors (Lipinski definition) is 6. The first-order valence-electron chi connectivity index (χ1n) is 9.34. The predicted molar refractivity (Wildman–Crippen MR) is 111 cm³/mol. The van der Waals surface area contributed by atoms with Gasteiger partial charge < -0.3 is 10.4 Å². The molecule has 1 heterocycles. The Morgan fingerprint density at radius 2 is 2.17 bits per heavy atom. The molecule has 0 spiro atoms. The lowest BCUT2D eigenvalue weighted by molar-refractivity contribution is -0.118. The van der Waals surface area contributed by atoms with Crippen molar-refractivity contribution in [1.82, 2.24) is 9.97 Å². The Hall–Kier alpha value is -2.03. The average Bonchev–Trinajstić information content (AvgIpc) is 2.98. The summed E-state index contributed by atoms with van der Waals surface area (Å²) >= 11 is 6.21. The van der Waals surface area contributed by atoms with Crippen molar-refractivity contribution in [3.8, 4) is 0 Å². The molecule has 0 aliphatic heterocycles. The molecule has 3 rings (SSSR count). The molecule has 7 nitrogen and oxygen atoms in total. The standard InChI is InChI=1S/C20H24ClN3O4S/c1-20(26)6-5-13(11-20)9-15(19(25)24-18-12-22-7-8-23-18)14-3-4-17(16(21)10-14)29(2,27)28/h3-4,7-8,10,12-13,15,26H,5-6,9,11H2,1-2H3,(H,23,24,25). The molecule has 9 heteroatoms. The fourth-order valence-corrected chi connectivity index (χ4v) is 5.22. The van der Waals surface area contributed by atoms with Gasteiger partial charge in [-0.15, -0.1) is 0 Å². The van der Waals surface area contributed by atoms with Gasteiger partial charge >= 0.3 is 0 Å². The van der Waals surface area contributed by atoms with Crippen molar-refractivity contribution in [2.45, 2.75) is 49.0 Å². The number of carbonyl (C=O) groups is 1. The molecule has 0 radical (unpaired) electrons. The summed E-state index contributed by atoms with van der Waals surface area (Å²) in [6.07, 6.45) is 8.16. The number of anilines is 1. The highest BCUT2D eigenvalue weighted by Gasteiger charge is 2.36. The summed E-state index contributed by atoms with van der Waals surface area (Å²) in [7, 11) is -3.47. The van der Waals surface area contributed by atoms with Crippen LogP contribution in [0, 0.1) is 5.92 Å². The molecule has 2 aromatic rings. The Balaban J connectivity index is 1.90. The monoisotopic (exact) mass is 437 g/mol. The third-order valence-electron chi connectivity index (χ3n) is 5.28. The Kier molecular flexibility index (Phi) is 6.26. The van der Waals surface area contributed by atoms with Crippen LogP contribution in [0.5, 0.6) is 0 Å². The van der Waals surface area contributed by atoms with Crippen molar-refractivity contribution >= 4 is 33.2 Å². The van der Waals surface area contributed by atoms with Gasteiger partial charge in [0.05, 0.1) is 27.6 Å². The SMILES string of the molecule is CC1(O)CCC(CC(C(=O)Nc2cnccn2)c2ccc(S(C)(=O)=O)c(Cl)c2)C1. The highest BCUT2D eigenvalue weighted by molar-refractivity contribution is 7.90. The molecule has 1 aromatic heterocycles. The zero-order valence-corrected chi connectivity index (χ0v) is 17.9. The summed E-state index contributed by atoms with van der Waals surface area (Å²) < 4.78 is 23.7. The Morgan fingerprint density at radius 1 is 1.41 bits per heavy atom. The van der Waals surface area contributed by atoms with E-state index in [0.717, 1.165) is 12.7 Å². The number of hydrogen-bond donors (Lipinski definition) is 2. The number of benzene rings is 1. The highest BCUT2D eigenvalue weighted by Crippen LogP contribution is 2.40. The normalized spacial score (nSPS) is 23.0. The van der Waals surface area contributed by atoms with E-state index in [2.05, 4.69) is 15.3 Å². The number of rotatable bonds is 6. The molecule has 29 heavy (non-hydrogen) atoms. The van der Waals surface area contributed by atoms with E-state index in [1.54, 1.807) is 13.0 Å². The van der Waals surface area contributed by atoms with E-state index in [-0.39, 0.29) is 21.7 Å². The molecule has 1 saturated carbocycles. The summed E-state index contributed by atoms with van der Waals surface area (Å²) in [6, 6.07) is 4.59. The van der Waals surface area contributed by atoms with Gasteiger partial charge in [-0.25, -0.2) is 13.4 Å². The third kappa shape index (κ3) is 5.52. The maximum absolute atomic E-state index is 13.1. The van der Waals surface area contributed by atoms with Gasteiger partial charge in [-0.05, 0) is 56.2 Å². The highest BCUT2D eigenvalue weighted by atomic mass is 35.5. The van der Waals surface area contributed by atoms with Gasteiger partial charge in [0.25, 0.3) is 0 Å². The second kappa shape index (κ2) is 8.38. The van der Waals surface area contributed by atoms with E-state index in [1.165, 1.54) is 30.7 Å². The van der Waals surface area contributed by atoms with Crippen LogP contribution in [0.15, 0.2) is 41.7 Å². The Labute approximate surface area is 175 Å². The van der Waals surface area contributed by atoms with E-state index in [4.69, 9.17) is 11.6 Å². The molecule has 3 atom stereocenters. The summed E-state index contributed by atoms with van der Waals surface area (Å²) in [5.41, 5.74) is -0.107. The van der Waals surface area contributed by atoms with Crippen LogP contribution < -0.4 is 5.32 Å². The molecular weight excluding hydrogens is 414 g/mol. The largest absolute Gasteiger partial charge is 0.390 e. The molecule has 1 aliphatic rings. The van der Waals surface area contributed by atoms with Crippen LogP contribution in [0.2, 0.25) is 5.02 Å². The number of aliphatic hydroxyl groups is 1. The van der Waals surface area contributed by atoms with Crippen LogP contribution in [0.3, 0.4) is 0 Å². The molecule has 3 unspecified atom stereocenters. The Morgan fingerprint density at radius 3 is 2.72 bits per heavy atom. The maximum atomic E-state index is 13.1. The summed E-state index contributed by atoms with van der Waals surface area (Å²) in [6.45, 7) is 1.80. The van der Waals surface area contributed by atoms with Gasteiger partial charge in [0.1, 0.15) is 0 Å². The molecule has 1 fully saturated rings. The smallest absolute Gasteiger partial charge is 0.233 e. The molecule has 1 aliphatic carbocycles. The van der Waals surface area contributed by atoms with Crippen molar-refractivity contribution in [3.05, 3.63) is 47.4 Å². The van der Waals surface area contributed by atoms with Crippen LogP contribution >= 0.6 is 11.6 Å². The van der Waals surface area contributed by atoms with Crippen LogP contribution in [-0.2, 0) is 14.6 Å². The summed E-state index contributed by atoms with van der Waals surface area (Å²) in [5.74, 6) is -0.349. The summed E-state index contributed by atoms with van der Waals surface area (Å²) in [5, 5.41) is 13.1. The van der Waals surface area contributed by atoms with E-state index in [9.17, 15) is 18.3 Å². The van der Waals surface area contributed by atoms with E-state index in [0.29, 0.717) is 30.6 Å². The lowest BCUT2D eigenvalue weighted by Crippen LogP contribution is -2.25. The Bertz CT molecular complexity index is 996. The minimum absolute atomic E-state index is 0.0276. The van der Waals surface area contributed by atoms with Crippen LogP contribution in [-0.4, -0.2) is 41.3 Å². The van der Waals surface area contributed by atoms with Crippen LogP contribution in [0.25, 0.3) is 0 Å². The van der Waals surface area contributed by atoms with Crippen molar-refractivity contribution in [1.29, 1.82) is 0 Å². The van der Waals surface area contributed by atoms with Crippen LogP contribution in [0.4, 0.5) is 5.82 Å². The second-order valence-electron chi connectivity index (χ2n) is 7.94. The molecule has 156 valence electrons. The molecular formula is C20H24ClN3O4S. The van der Waals surface area contributed by atoms with Crippen molar-refractivity contribution in [3.63, 3.8) is 0 Å². The van der Waals surface area contributed by atoms with Crippen molar-refractivity contribution in [2.24, 2.45) is 5.92 Å². The number of nitrogens with zero attached hydrogens (tertiary/aromatic N) is 2. The number of amides is 1. The molecule has 0 saturated heterocycles. The van der Waals surface area contributed by atoms with Crippen molar-refractivity contribution < 1.29 is 18.3 Å². The zero-order chi connectivity index (χ0) is 21.2. The fraction of sp³-hybridized carbons (Fsp3) is 0.450. The molecule has 1 amide bonds. The van der Waals surface area contributed by atoms with E-state index < -0.39 is 21.4 Å². The summed E-state index contributed by atoms with van der Waals surface area (Å²) in [4.78, 5) is 21.1. The van der Waals surface area contributed by atoms with Gasteiger partial charge in [0.2, 0.25) is 5.91 Å². The maximum Gasteiger partial charge on any atom is 0.233 e. The van der Waals surface area contributed by atoms with Gasteiger partial charge in [0, 0.05) is 18.6 Å². The fourth-order valence-electron chi connectivity index (χ4n) is 3.88. The quantitative estimate of drug-likeness (QED) is 0.718. The van der Waals surface area contributed by atoms with Gasteiger partial charge in [-0.3, -0.25) is 9.78 Å². The predicted octanol–water partition coefficient (Wildman–Crippen LogP) is 3.20. The molecule has 0 bridgehead atoms. The number of halogens is 1. The van der Waals surface area contributed by atoms with Crippen LogP contribution in [0.1, 0.15) is 44.1 Å². The topological polar surface area (TPSA) is 109 Å². The van der Waals surface area contributed by atoms with E-state index >= 15 is 0 Å². The molecule has 2 N–H and O–H groups in total. The lowest BCUT2D eigenvalue weighted by atomic mass is 9.86. The minimum Gasteiger partial charge on any atom is -0.390 e. The first kappa shape index (κ1) is 21.7. The van der Waals surface area contributed by atoms with Gasteiger partial charge in [0.15, 0.2) is 15.7 Å². The third-order valence-corrected chi connectivity index (χ3v) is 6.86. The minimum atomic E-state index is -3.47. The van der Waals surface area contributed by atoms with Gasteiger partial charge in [-0.1, -0.05) is 17.7 Å². The second-order valence-corrected chi connectivity index (χ2v) is 10.3. The molecule has 1 aromatic carbocycles. The number of aromatic nitrogens is 2. The first-order valence-corrected chi connectivity index (χ1v) is 11.6. The number of nitrogens with one attached hydrogen (secondary N) is 1. The number of sulfone groups is 1. The average molecular weight is 438 g/mol. The number of carbonyl (C=O) groups excluding carboxylic acids is 1. The zero-order valence-electron chi connectivity index (χ0n) is 16.3. The van der Waals surface area contributed by atoms with Gasteiger partial charge in [-0.2, -0.15) is 0 Å².